The molecule has 0 radical (unpaired) electrons. The third-order valence-electron chi connectivity index (χ3n) is 4.08. The maximum Gasteiger partial charge on any atom is 0.343 e. The summed E-state index contributed by atoms with van der Waals surface area (Å²) < 4.78 is 46.4. The second-order valence-corrected chi connectivity index (χ2v) is 7.74. The summed E-state index contributed by atoms with van der Waals surface area (Å²) in [4.78, 5) is 23.9. The number of halogens is 1. The van der Waals surface area contributed by atoms with Crippen LogP contribution < -0.4 is 5.43 Å². The first-order valence-electron chi connectivity index (χ1n) is 8.07. The molecule has 0 fully saturated rings. The van der Waals surface area contributed by atoms with E-state index in [1.807, 2.05) is 0 Å². The minimum absolute atomic E-state index is 0.0589. The molecule has 0 atom stereocenters. The number of sulfone groups is 1. The molecule has 8 heteroatoms. The van der Waals surface area contributed by atoms with Crippen LogP contribution in [0.15, 0.2) is 63.2 Å². The smallest absolute Gasteiger partial charge is 0.343 e. The van der Waals surface area contributed by atoms with Crippen LogP contribution in [0.5, 0.6) is 0 Å². The Kier molecular flexibility index (Phi) is 4.84. The Balaban J connectivity index is 2.27. The zero-order valence-electron chi connectivity index (χ0n) is 14.6. The molecule has 0 bridgehead atoms. The number of hydrogen-bond acceptors (Lipinski definition) is 5. The van der Waals surface area contributed by atoms with Gasteiger partial charge in [-0.2, -0.15) is 0 Å². The molecular weight excluding hydrogens is 373 g/mol. The van der Waals surface area contributed by atoms with Gasteiger partial charge in [-0.15, -0.1) is 0 Å². The van der Waals surface area contributed by atoms with Gasteiger partial charge in [-0.25, -0.2) is 17.6 Å². The van der Waals surface area contributed by atoms with Crippen molar-refractivity contribution in [1.82, 2.24) is 4.57 Å². The van der Waals surface area contributed by atoms with Crippen molar-refractivity contribution in [3.63, 3.8) is 0 Å². The minimum atomic E-state index is -4.11. The molecule has 1 aromatic heterocycles. The zero-order valence-corrected chi connectivity index (χ0v) is 15.4. The standard InChI is InChI=1S/C19H16FNO5S/c1-3-26-19(23)14-11-21(2)16-10-17(15(20)9-13(16)18(14)22)27(24,25)12-7-5-4-6-8-12/h4-11H,3H2,1-2H3. The van der Waals surface area contributed by atoms with E-state index in [-0.39, 0.29) is 28.0 Å². The van der Waals surface area contributed by atoms with Gasteiger partial charge in [-0.1, -0.05) is 18.2 Å². The lowest BCUT2D eigenvalue weighted by atomic mass is 10.1. The number of aromatic nitrogens is 1. The van der Waals surface area contributed by atoms with E-state index < -0.39 is 31.9 Å². The fraction of sp³-hybridized carbons (Fsp3) is 0.158. The van der Waals surface area contributed by atoms with E-state index in [1.54, 1.807) is 13.0 Å². The molecule has 6 nitrogen and oxygen atoms in total. The van der Waals surface area contributed by atoms with Gasteiger partial charge >= 0.3 is 5.97 Å². The summed E-state index contributed by atoms with van der Waals surface area (Å²) in [6.45, 7) is 1.69. The van der Waals surface area contributed by atoms with Crippen LogP contribution in [-0.4, -0.2) is 25.6 Å². The van der Waals surface area contributed by atoms with Crippen LogP contribution in [0.1, 0.15) is 17.3 Å². The summed E-state index contributed by atoms with van der Waals surface area (Å²) >= 11 is 0. The molecule has 0 aliphatic heterocycles. The molecule has 0 unspecified atom stereocenters. The lowest BCUT2D eigenvalue weighted by Gasteiger charge is -2.12. The van der Waals surface area contributed by atoms with Crippen LogP contribution in [0.25, 0.3) is 10.9 Å². The molecule has 0 saturated carbocycles. The van der Waals surface area contributed by atoms with Crippen LogP contribution in [0.2, 0.25) is 0 Å². The number of aryl methyl sites for hydroxylation is 1. The van der Waals surface area contributed by atoms with E-state index in [0.717, 1.165) is 12.1 Å². The number of rotatable bonds is 4. The van der Waals surface area contributed by atoms with Crippen molar-refractivity contribution in [2.45, 2.75) is 16.7 Å². The van der Waals surface area contributed by atoms with Gasteiger partial charge in [0.05, 0.1) is 17.0 Å². The SMILES string of the molecule is CCOC(=O)c1cn(C)c2cc(S(=O)(=O)c3ccccc3)c(F)cc2c1=O. The molecule has 0 saturated heterocycles. The van der Waals surface area contributed by atoms with Gasteiger partial charge in [0.2, 0.25) is 15.3 Å². The molecule has 0 aliphatic rings. The van der Waals surface area contributed by atoms with Crippen LogP contribution in [0, 0.1) is 5.82 Å². The van der Waals surface area contributed by atoms with Crippen molar-refractivity contribution >= 4 is 26.7 Å². The fourth-order valence-corrected chi connectivity index (χ4v) is 4.12. The van der Waals surface area contributed by atoms with Crippen molar-refractivity contribution in [3.05, 3.63) is 70.3 Å². The van der Waals surface area contributed by atoms with Gasteiger partial charge in [-0.3, -0.25) is 4.79 Å². The molecule has 0 aliphatic carbocycles. The lowest BCUT2D eigenvalue weighted by molar-refractivity contribution is 0.0524. The van der Waals surface area contributed by atoms with E-state index in [4.69, 9.17) is 4.74 Å². The molecule has 140 valence electrons. The summed E-state index contributed by atoms with van der Waals surface area (Å²) in [7, 11) is -2.58. The Labute approximate surface area is 154 Å². The first-order valence-corrected chi connectivity index (χ1v) is 9.55. The summed E-state index contributed by atoms with van der Waals surface area (Å²) in [6, 6.07) is 9.39. The second-order valence-electron chi connectivity index (χ2n) is 5.82. The Morgan fingerprint density at radius 2 is 1.85 bits per heavy atom. The third kappa shape index (κ3) is 3.23. The molecule has 3 rings (SSSR count). The van der Waals surface area contributed by atoms with Crippen molar-refractivity contribution in [3.8, 4) is 0 Å². The van der Waals surface area contributed by atoms with Gasteiger partial charge in [0.1, 0.15) is 16.3 Å². The quantitative estimate of drug-likeness (QED) is 0.641. The number of pyridine rings is 1. The highest BCUT2D eigenvalue weighted by Crippen LogP contribution is 2.26. The number of fused-ring (bicyclic) bond motifs is 1. The van der Waals surface area contributed by atoms with E-state index in [2.05, 4.69) is 0 Å². The minimum Gasteiger partial charge on any atom is -0.462 e. The maximum absolute atomic E-state index is 14.6. The van der Waals surface area contributed by atoms with Crippen LogP contribution in [0.4, 0.5) is 4.39 Å². The highest BCUT2D eigenvalue weighted by molar-refractivity contribution is 7.91. The first-order chi connectivity index (χ1) is 12.8. The van der Waals surface area contributed by atoms with Gasteiger partial charge in [0.15, 0.2) is 0 Å². The Bertz CT molecular complexity index is 1200. The summed E-state index contributed by atoms with van der Waals surface area (Å²) in [6.07, 6.45) is 1.25. The van der Waals surface area contributed by atoms with Crippen molar-refractivity contribution in [1.29, 1.82) is 0 Å². The molecule has 1 heterocycles. The van der Waals surface area contributed by atoms with Gasteiger partial charge in [-0.05, 0) is 31.2 Å². The summed E-state index contributed by atoms with van der Waals surface area (Å²) in [5.41, 5.74) is -0.780. The number of hydrogen-bond donors (Lipinski definition) is 0. The zero-order chi connectivity index (χ0) is 19.8. The van der Waals surface area contributed by atoms with Crippen LogP contribution in [0.3, 0.4) is 0 Å². The predicted octanol–water partition coefficient (Wildman–Crippen LogP) is 2.69. The molecule has 0 amide bonds. The first kappa shape index (κ1) is 18.8. The van der Waals surface area contributed by atoms with E-state index in [9.17, 15) is 22.4 Å². The number of esters is 1. The van der Waals surface area contributed by atoms with Crippen LogP contribution >= 0.6 is 0 Å². The number of ether oxygens (including phenoxy) is 1. The average Bonchev–Trinajstić information content (AvgIpc) is 2.65. The number of carbonyl (C=O) groups excluding carboxylic acids is 1. The van der Waals surface area contributed by atoms with E-state index in [1.165, 1.54) is 42.1 Å². The Hall–Kier alpha value is -3.00. The molecule has 3 aromatic rings. The molecular formula is C19H16FNO5S. The Morgan fingerprint density at radius 3 is 2.48 bits per heavy atom. The second kappa shape index (κ2) is 6.96. The van der Waals surface area contributed by atoms with E-state index in [0.29, 0.717) is 0 Å². The number of carbonyl (C=O) groups is 1. The van der Waals surface area contributed by atoms with Gasteiger partial charge in [0, 0.05) is 18.6 Å². The van der Waals surface area contributed by atoms with Crippen molar-refractivity contribution < 1.29 is 22.3 Å². The molecule has 27 heavy (non-hydrogen) atoms. The van der Waals surface area contributed by atoms with Crippen molar-refractivity contribution in [2.24, 2.45) is 7.05 Å². The fourth-order valence-electron chi connectivity index (χ4n) is 2.77. The predicted molar refractivity (Wildman–Crippen MR) is 97.0 cm³/mol. The molecule has 2 aromatic carbocycles. The monoisotopic (exact) mass is 389 g/mol. The third-order valence-corrected chi connectivity index (χ3v) is 5.87. The normalized spacial score (nSPS) is 11.5. The van der Waals surface area contributed by atoms with Crippen molar-refractivity contribution in [2.75, 3.05) is 6.61 Å². The van der Waals surface area contributed by atoms with E-state index >= 15 is 0 Å². The highest BCUT2D eigenvalue weighted by atomic mass is 32.2. The van der Waals surface area contributed by atoms with Crippen LogP contribution in [-0.2, 0) is 21.6 Å². The summed E-state index contributed by atoms with van der Waals surface area (Å²) in [5.74, 6) is -1.88. The number of benzene rings is 2. The Morgan fingerprint density at radius 1 is 1.19 bits per heavy atom. The summed E-state index contributed by atoms with van der Waals surface area (Å²) in [5, 5.41) is -0.104. The molecule has 0 N–H and O–H groups in total. The number of nitrogens with zero attached hydrogens (tertiary/aromatic N) is 1. The van der Waals surface area contributed by atoms with Gasteiger partial charge < -0.3 is 9.30 Å². The topological polar surface area (TPSA) is 82.4 Å². The average molecular weight is 389 g/mol. The van der Waals surface area contributed by atoms with Gasteiger partial charge in [0.25, 0.3) is 0 Å². The molecule has 0 spiro atoms. The maximum atomic E-state index is 14.6. The lowest BCUT2D eigenvalue weighted by Crippen LogP contribution is -2.20. The highest BCUT2D eigenvalue weighted by Gasteiger charge is 2.24. The largest absolute Gasteiger partial charge is 0.462 e.